The van der Waals surface area contributed by atoms with Crippen LogP contribution in [0.2, 0.25) is 0 Å². The zero-order valence-corrected chi connectivity index (χ0v) is 15.1. The van der Waals surface area contributed by atoms with Crippen molar-refractivity contribution in [3.63, 3.8) is 0 Å². The van der Waals surface area contributed by atoms with E-state index in [-0.39, 0.29) is 0 Å². The van der Waals surface area contributed by atoms with Crippen LogP contribution in [-0.4, -0.2) is 44.8 Å². The van der Waals surface area contributed by atoms with E-state index in [4.69, 9.17) is 0 Å². The first-order chi connectivity index (χ1) is 11.6. The summed E-state index contributed by atoms with van der Waals surface area (Å²) in [4.78, 5) is 6.73. The van der Waals surface area contributed by atoms with Gasteiger partial charge in [0.15, 0.2) is 0 Å². The lowest BCUT2D eigenvalue weighted by Crippen LogP contribution is -2.46. The van der Waals surface area contributed by atoms with Gasteiger partial charge in [-0.1, -0.05) is 6.07 Å². The monoisotopic (exact) mass is 327 g/mol. The van der Waals surface area contributed by atoms with Gasteiger partial charge in [-0.25, -0.2) is 0 Å². The Balaban J connectivity index is 1.42. The van der Waals surface area contributed by atoms with Gasteiger partial charge in [-0.3, -0.25) is 14.6 Å². The summed E-state index contributed by atoms with van der Waals surface area (Å²) in [5, 5.41) is 8.35. The van der Waals surface area contributed by atoms with Crippen LogP contribution in [0, 0.1) is 13.8 Å². The van der Waals surface area contributed by atoms with Gasteiger partial charge in [0.1, 0.15) is 0 Å². The van der Waals surface area contributed by atoms with Gasteiger partial charge in [0.05, 0.1) is 12.2 Å². The minimum atomic E-state index is 0.442. The molecular formula is C19H29N5. The SMILES string of the molecule is Cc1cc(C)n(C[C@H](C)NC2CCN(Cc3cccnc3)CC2)n1. The zero-order valence-electron chi connectivity index (χ0n) is 15.1. The number of nitrogens with zero attached hydrogens (tertiary/aromatic N) is 4. The van der Waals surface area contributed by atoms with Crippen LogP contribution < -0.4 is 5.32 Å². The Morgan fingerprint density at radius 3 is 2.71 bits per heavy atom. The van der Waals surface area contributed by atoms with Crippen molar-refractivity contribution >= 4 is 0 Å². The molecule has 5 heteroatoms. The average molecular weight is 327 g/mol. The number of pyridine rings is 1. The molecule has 5 nitrogen and oxygen atoms in total. The third-order valence-corrected chi connectivity index (χ3v) is 4.79. The molecule has 1 saturated heterocycles. The summed E-state index contributed by atoms with van der Waals surface area (Å²) in [5.41, 5.74) is 3.65. The second-order valence-electron chi connectivity index (χ2n) is 7.09. The smallest absolute Gasteiger partial charge is 0.0596 e. The van der Waals surface area contributed by atoms with Crippen molar-refractivity contribution in [1.82, 2.24) is 25.0 Å². The van der Waals surface area contributed by atoms with Crippen molar-refractivity contribution in [2.75, 3.05) is 13.1 Å². The fourth-order valence-electron chi connectivity index (χ4n) is 3.58. The molecule has 0 spiro atoms. The van der Waals surface area contributed by atoms with E-state index < -0.39 is 0 Å². The van der Waals surface area contributed by atoms with Crippen LogP contribution >= 0.6 is 0 Å². The maximum atomic E-state index is 4.56. The van der Waals surface area contributed by atoms with E-state index in [0.29, 0.717) is 12.1 Å². The Kier molecular flexibility index (Phi) is 5.63. The van der Waals surface area contributed by atoms with E-state index in [2.05, 4.69) is 57.9 Å². The summed E-state index contributed by atoms with van der Waals surface area (Å²) in [7, 11) is 0. The summed E-state index contributed by atoms with van der Waals surface area (Å²) in [6, 6.07) is 7.38. The third-order valence-electron chi connectivity index (χ3n) is 4.79. The number of hydrogen-bond donors (Lipinski definition) is 1. The highest BCUT2D eigenvalue weighted by Gasteiger charge is 2.20. The highest BCUT2D eigenvalue weighted by molar-refractivity contribution is 5.08. The molecule has 130 valence electrons. The van der Waals surface area contributed by atoms with Gasteiger partial charge >= 0.3 is 0 Å². The van der Waals surface area contributed by atoms with Gasteiger partial charge in [0.25, 0.3) is 0 Å². The van der Waals surface area contributed by atoms with Crippen LogP contribution in [0.15, 0.2) is 30.6 Å². The summed E-state index contributed by atoms with van der Waals surface area (Å²) < 4.78 is 2.12. The Morgan fingerprint density at radius 1 is 1.29 bits per heavy atom. The van der Waals surface area contributed by atoms with Crippen molar-refractivity contribution in [3.05, 3.63) is 47.5 Å². The van der Waals surface area contributed by atoms with E-state index in [0.717, 1.165) is 31.9 Å². The number of likely N-dealkylation sites (tertiary alicyclic amines) is 1. The molecule has 2 aromatic rings. The summed E-state index contributed by atoms with van der Waals surface area (Å²) in [6.45, 7) is 10.7. The summed E-state index contributed by atoms with van der Waals surface area (Å²) in [6.07, 6.45) is 6.23. The predicted octanol–water partition coefficient (Wildman–Crippen LogP) is 2.54. The molecule has 0 radical (unpaired) electrons. The molecule has 1 fully saturated rings. The highest BCUT2D eigenvalue weighted by Crippen LogP contribution is 2.14. The number of nitrogens with one attached hydrogen (secondary N) is 1. The van der Waals surface area contributed by atoms with E-state index in [1.54, 1.807) is 0 Å². The Hall–Kier alpha value is -1.72. The van der Waals surface area contributed by atoms with Crippen LogP contribution in [0.1, 0.15) is 36.7 Å². The quantitative estimate of drug-likeness (QED) is 0.886. The number of rotatable bonds is 6. The van der Waals surface area contributed by atoms with E-state index >= 15 is 0 Å². The molecule has 2 aromatic heterocycles. The van der Waals surface area contributed by atoms with Crippen LogP contribution in [0.4, 0.5) is 0 Å². The lowest BCUT2D eigenvalue weighted by Gasteiger charge is -2.34. The largest absolute Gasteiger partial charge is 0.310 e. The van der Waals surface area contributed by atoms with Gasteiger partial charge in [-0.05, 0) is 64.4 Å². The highest BCUT2D eigenvalue weighted by atomic mass is 15.3. The first-order valence-electron chi connectivity index (χ1n) is 8.98. The molecule has 0 aliphatic carbocycles. The molecule has 0 bridgehead atoms. The van der Waals surface area contributed by atoms with Crippen molar-refractivity contribution < 1.29 is 0 Å². The number of hydrogen-bond acceptors (Lipinski definition) is 4. The van der Waals surface area contributed by atoms with Gasteiger partial charge in [0.2, 0.25) is 0 Å². The Bertz CT molecular complexity index is 628. The molecule has 0 saturated carbocycles. The standard InChI is InChI=1S/C19H29N5/c1-15-11-17(3)24(22-15)13-16(2)21-19-6-9-23(10-7-19)14-18-5-4-8-20-12-18/h4-5,8,11-12,16,19,21H,6-7,9-10,13-14H2,1-3H3/t16-/m0/s1. The first-order valence-corrected chi connectivity index (χ1v) is 8.98. The van der Waals surface area contributed by atoms with Crippen LogP contribution in [0.5, 0.6) is 0 Å². The molecule has 1 aliphatic rings. The van der Waals surface area contributed by atoms with E-state index in [1.807, 2.05) is 18.5 Å². The normalized spacial score (nSPS) is 18.0. The molecule has 0 amide bonds. The van der Waals surface area contributed by atoms with Gasteiger partial charge in [0, 0.05) is 36.7 Å². The third kappa shape index (κ3) is 4.65. The van der Waals surface area contributed by atoms with Crippen molar-refractivity contribution in [2.45, 2.75) is 58.8 Å². The van der Waals surface area contributed by atoms with Crippen molar-refractivity contribution in [2.24, 2.45) is 0 Å². The van der Waals surface area contributed by atoms with Gasteiger partial charge in [-0.2, -0.15) is 5.10 Å². The van der Waals surface area contributed by atoms with E-state index in [1.165, 1.54) is 24.1 Å². The van der Waals surface area contributed by atoms with Gasteiger partial charge in [-0.15, -0.1) is 0 Å². The molecule has 24 heavy (non-hydrogen) atoms. The average Bonchev–Trinajstić information content (AvgIpc) is 2.87. The predicted molar refractivity (Wildman–Crippen MR) is 96.8 cm³/mol. The topological polar surface area (TPSA) is 46.0 Å². The molecule has 3 rings (SSSR count). The van der Waals surface area contributed by atoms with Gasteiger partial charge < -0.3 is 5.32 Å². The summed E-state index contributed by atoms with van der Waals surface area (Å²) >= 11 is 0. The molecular weight excluding hydrogens is 298 g/mol. The number of piperidine rings is 1. The lowest BCUT2D eigenvalue weighted by molar-refractivity contribution is 0.182. The Morgan fingerprint density at radius 2 is 2.08 bits per heavy atom. The number of aromatic nitrogens is 3. The molecule has 0 unspecified atom stereocenters. The molecule has 1 atom stereocenters. The molecule has 1 aliphatic heterocycles. The van der Waals surface area contributed by atoms with Crippen LogP contribution in [-0.2, 0) is 13.1 Å². The van der Waals surface area contributed by atoms with Crippen molar-refractivity contribution in [3.8, 4) is 0 Å². The molecule has 1 N–H and O–H groups in total. The minimum Gasteiger partial charge on any atom is -0.310 e. The lowest BCUT2D eigenvalue weighted by atomic mass is 10.0. The molecule has 3 heterocycles. The molecule has 0 aromatic carbocycles. The van der Waals surface area contributed by atoms with Crippen LogP contribution in [0.3, 0.4) is 0 Å². The minimum absolute atomic E-state index is 0.442. The number of aryl methyl sites for hydroxylation is 2. The fourth-order valence-corrected chi connectivity index (χ4v) is 3.58. The maximum Gasteiger partial charge on any atom is 0.0596 e. The zero-order chi connectivity index (χ0) is 16.9. The second kappa shape index (κ2) is 7.90. The van der Waals surface area contributed by atoms with Crippen molar-refractivity contribution in [1.29, 1.82) is 0 Å². The summed E-state index contributed by atoms with van der Waals surface area (Å²) in [5.74, 6) is 0. The Labute approximate surface area is 145 Å². The maximum absolute atomic E-state index is 4.56. The fraction of sp³-hybridized carbons (Fsp3) is 0.579. The second-order valence-corrected chi connectivity index (χ2v) is 7.09. The first kappa shape index (κ1) is 17.1. The van der Waals surface area contributed by atoms with Crippen LogP contribution in [0.25, 0.3) is 0 Å². The van der Waals surface area contributed by atoms with E-state index in [9.17, 15) is 0 Å².